The number of hydrogen-bond donors (Lipinski definition) is 2. The molecule has 6 nitrogen and oxygen atoms in total. The molecule has 94 valence electrons. The summed E-state index contributed by atoms with van der Waals surface area (Å²) in [6.45, 7) is 0. The summed E-state index contributed by atoms with van der Waals surface area (Å²) in [6, 6.07) is 4.65. The van der Waals surface area contributed by atoms with Crippen LogP contribution in [0.25, 0.3) is 0 Å². The van der Waals surface area contributed by atoms with Gasteiger partial charge in [0.1, 0.15) is 5.75 Å². The maximum absolute atomic E-state index is 11.5. The Bertz CT molecular complexity index is 529. The van der Waals surface area contributed by atoms with Gasteiger partial charge in [-0.2, -0.15) is 0 Å². The first-order valence-electron chi connectivity index (χ1n) is 4.91. The maximum Gasteiger partial charge on any atom is 0.384 e. The molecule has 0 bridgehead atoms. The van der Waals surface area contributed by atoms with Crippen molar-refractivity contribution >= 4 is 11.9 Å². The molecular weight excluding hydrogens is 236 g/mol. The number of methoxy groups -OCH3 is 2. The summed E-state index contributed by atoms with van der Waals surface area (Å²) in [4.78, 5) is 22.5. The van der Waals surface area contributed by atoms with Crippen molar-refractivity contribution in [1.82, 2.24) is 5.43 Å². The number of ether oxygens (including phenoxy) is 2. The van der Waals surface area contributed by atoms with Gasteiger partial charge in [-0.1, -0.05) is 5.92 Å². The Balaban J connectivity index is 3.20. The van der Waals surface area contributed by atoms with Crippen LogP contribution in [0.4, 0.5) is 0 Å². The number of rotatable bonds is 2. The van der Waals surface area contributed by atoms with Crippen molar-refractivity contribution in [1.29, 1.82) is 0 Å². The van der Waals surface area contributed by atoms with E-state index in [2.05, 4.69) is 16.6 Å². The van der Waals surface area contributed by atoms with E-state index < -0.39 is 11.9 Å². The lowest BCUT2D eigenvalue weighted by atomic mass is 10.1. The van der Waals surface area contributed by atoms with E-state index in [1.54, 1.807) is 12.1 Å². The maximum atomic E-state index is 11.5. The first kappa shape index (κ1) is 13.5. The smallest absolute Gasteiger partial charge is 0.384 e. The summed E-state index contributed by atoms with van der Waals surface area (Å²) < 4.78 is 9.37. The molecule has 0 heterocycles. The van der Waals surface area contributed by atoms with Crippen molar-refractivity contribution in [2.45, 2.75) is 0 Å². The molecule has 0 aliphatic heterocycles. The van der Waals surface area contributed by atoms with Gasteiger partial charge in [-0.3, -0.25) is 10.2 Å². The lowest BCUT2D eigenvalue weighted by Crippen LogP contribution is -2.30. The summed E-state index contributed by atoms with van der Waals surface area (Å²) in [5, 5.41) is 0. The molecule has 0 aromatic heterocycles. The Morgan fingerprint density at radius 2 is 2.06 bits per heavy atom. The number of esters is 1. The van der Waals surface area contributed by atoms with Gasteiger partial charge in [0.05, 0.1) is 19.8 Å². The minimum atomic E-state index is -0.690. The summed E-state index contributed by atoms with van der Waals surface area (Å²) in [7, 11) is 2.69. The van der Waals surface area contributed by atoms with Gasteiger partial charge < -0.3 is 9.47 Å². The minimum absolute atomic E-state index is 0.216. The van der Waals surface area contributed by atoms with Gasteiger partial charge in [-0.15, -0.1) is 0 Å². The van der Waals surface area contributed by atoms with Crippen LogP contribution in [0.5, 0.6) is 5.75 Å². The molecule has 3 N–H and O–H groups in total. The van der Waals surface area contributed by atoms with Crippen molar-refractivity contribution in [3.8, 4) is 17.6 Å². The number of amides is 1. The average Bonchev–Trinajstić information content (AvgIpc) is 2.43. The van der Waals surface area contributed by atoms with E-state index in [0.29, 0.717) is 11.3 Å². The first-order valence-corrected chi connectivity index (χ1v) is 4.91. The Morgan fingerprint density at radius 1 is 1.33 bits per heavy atom. The highest BCUT2D eigenvalue weighted by Crippen LogP contribution is 2.16. The van der Waals surface area contributed by atoms with Crippen molar-refractivity contribution in [3.63, 3.8) is 0 Å². The predicted octanol–water partition coefficient (Wildman–Crippen LogP) is -0.177. The summed E-state index contributed by atoms with van der Waals surface area (Å²) in [5.41, 5.74) is 2.56. The van der Waals surface area contributed by atoms with Crippen molar-refractivity contribution < 1.29 is 19.1 Å². The molecule has 0 saturated carbocycles. The van der Waals surface area contributed by atoms with E-state index >= 15 is 0 Å². The monoisotopic (exact) mass is 248 g/mol. The third-order valence-electron chi connectivity index (χ3n) is 2.09. The molecule has 1 rings (SSSR count). The number of nitrogens with one attached hydrogen (secondary N) is 1. The van der Waals surface area contributed by atoms with Gasteiger partial charge in [0.2, 0.25) is 0 Å². The van der Waals surface area contributed by atoms with Crippen LogP contribution >= 0.6 is 0 Å². The Labute approximate surface area is 104 Å². The highest BCUT2D eigenvalue weighted by Gasteiger charge is 2.10. The number of nitrogen functional groups attached to an aromatic ring is 1. The largest absolute Gasteiger partial charge is 0.497 e. The SMILES string of the molecule is COC(=O)C#Cc1ccc(OC)cc1C(=O)NN. The third kappa shape index (κ3) is 3.23. The molecule has 0 radical (unpaired) electrons. The molecule has 0 unspecified atom stereocenters. The number of hydrazine groups is 1. The van der Waals surface area contributed by atoms with Crippen molar-refractivity contribution in [3.05, 3.63) is 29.3 Å². The van der Waals surface area contributed by atoms with E-state index in [1.807, 2.05) is 5.43 Å². The number of carbonyl (C=O) groups excluding carboxylic acids is 2. The van der Waals surface area contributed by atoms with Crippen molar-refractivity contribution in [2.24, 2.45) is 5.84 Å². The molecule has 1 aromatic rings. The highest BCUT2D eigenvalue weighted by atomic mass is 16.5. The zero-order chi connectivity index (χ0) is 13.5. The predicted molar refractivity (Wildman–Crippen MR) is 63.5 cm³/mol. The summed E-state index contributed by atoms with van der Waals surface area (Å²) in [5.74, 6) is 9.10. The first-order chi connectivity index (χ1) is 8.62. The van der Waals surface area contributed by atoms with Gasteiger partial charge in [-0.05, 0) is 18.2 Å². The van der Waals surface area contributed by atoms with Gasteiger partial charge in [0.15, 0.2) is 0 Å². The topological polar surface area (TPSA) is 90.6 Å². The van der Waals surface area contributed by atoms with Crippen LogP contribution in [0.2, 0.25) is 0 Å². The molecule has 0 saturated heterocycles. The second kappa shape index (κ2) is 6.27. The molecule has 0 aliphatic rings. The van der Waals surface area contributed by atoms with E-state index in [9.17, 15) is 9.59 Å². The van der Waals surface area contributed by atoms with E-state index in [1.165, 1.54) is 20.3 Å². The molecule has 1 amide bonds. The second-order valence-electron chi connectivity index (χ2n) is 3.13. The van der Waals surface area contributed by atoms with E-state index in [-0.39, 0.29) is 5.56 Å². The normalized spacial score (nSPS) is 8.83. The summed E-state index contributed by atoms with van der Waals surface area (Å²) in [6.07, 6.45) is 0. The zero-order valence-electron chi connectivity index (χ0n) is 9.94. The number of benzene rings is 1. The van der Waals surface area contributed by atoms with Crippen LogP contribution in [-0.2, 0) is 9.53 Å². The fourth-order valence-electron chi connectivity index (χ4n) is 1.19. The number of hydrogen-bond acceptors (Lipinski definition) is 5. The van der Waals surface area contributed by atoms with Gasteiger partial charge in [-0.25, -0.2) is 10.6 Å². The van der Waals surface area contributed by atoms with Crippen LogP contribution in [0.1, 0.15) is 15.9 Å². The minimum Gasteiger partial charge on any atom is -0.497 e. The number of carbonyl (C=O) groups is 2. The Morgan fingerprint density at radius 3 is 2.61 bits per heavy atom. The fourth-order valence-corrected chi connectivity index (χ4v) is 1.19. The van der Waals surface area contributed by atoms with Gasteiger partial charge >= 0.3 is 5.97 Å². The third-order valence-corrected chi connectivity index (χ3v) is 2.09. The molecule has 6 heteroatoms. The Kier molecular flexibility index (Phi) is 4.72. The van der Waals surface area contributed by atoms with Crippen LogP contribution in [0.15, 0.2) is 18.2 Å². The molecule has 0 aliphatic carbocycles. The molecule has 1 aromatic carbocycles. The fraction of sp³-hybridized carbons (Fsp3) is 0.167. The average molecular weight is 248 g/mol. The van der Waals surface area contributed by atoms with Gasteiger partial charge in [0, 0.05) is 11.5 Å². The van der Waals surface area contributed by atoms with E-state index in [4.69, 9.17) is 10.6 Å². The van der Waals surface area contributed by atoms with Crippen molar-refractivity contribution in [2.75, 3.05) is 14.2 Å². The molecule has 0 spiro atoms. The molecule has 0 atom stereocenters. The molecule has 18 heavy (non-hydrogen) atoms. The molecular formula is C12H12N2O4. The molecule has 0 fully saturated rings. The van der Waals surface area contributed by atoms with Crippen LogP contribution in [0, 0.1) is 11.8 Å². The standard InChI is InChI=1S/C12H12N2O4/c1-17-9-5-3-8(4-6-11(15)18-2)10(7-9)12(16)14-13/h3,5,7H,13H2,1-2H3,(H,14,16). The number of nitrogens with two attached hydrogens (primary N) is 1. The van der Waals surface area contributed by atoms with Crippen LogP contribution in [-0.4, -0.2) is 26.1 Å². The highest BCUT2D eigenvalue weighted by molar-refractivity contribution is 5.97. The van der Waals surface area contributed by atoms with E-state index in [0.717, 1.165) is 0 Å². The lowest BCUT2D eigenvalue weighted by molar-refractivity contribution is -0.133. The second-order valence-corrected chi connectivity index (χ2v) is 3.13. The Hall–Kier alpha value is -2.52. The van der Waals surface area contributed by atoms with Gasteiger partial charge in [0.25, 0.3) is 5.91 Å². The zero-order valence-corrected chi connectivity index (χ0v) is 9.94. The van der Waals surface area contributed by atoms with Crippen LogP contribution in [0.3, 0.4) is 0 Å². The van der Waals surface area contributed by atoms with Crippen LogP contribution < -0.4 is 16.0 Å². The lowest BCUT2D eigenvalue weighted by Gasteiger charge is -2.05. The quantitative estimate of drug-likeness (QED) is 0.249. The summed E-state index contributed by atoms with van der Waals surface area (Å²) >= 11 is 0.